The minimum absolute atomic E-state index is 0.0105. The van der Waals surface area contributed by atoms with Gasteiger partial charge in [-0.15, -0.1) is 0 Å². The number of hydrogen-bond acceptors (Lipinski definition) is 3. The summed E-state index contributed by atoms with van der Waals surface area (Å²) in [6.07, 6.45) is 5.47. The first-order chi connectivity index (χ1) is 11.0. The summed E-state index contributed by atoms with van der Waals surface area (Å²) in [6.45, 7) is 2.86. The molecule has 0 bridgehead atoms. The largest absolute Gasteiger partial charge is 0.352 e. The zero-order valence-corrected chi connectivity index (χ0v) is 13.6. The van der Waals surface area contributed by atoms with Crippen LogP contribution in [0.25, 0.3) is 0 Å². The number of rotatable bonds is 7. The average molecular weight is 335 g/mol. The average Bonchev–Trinajstić information content (AvgIpc) is 3.00. The normalized spacial score (nSPS) is 11.7. The Morgan fingerprint density at radius 3 is 2.70 bits per heavy atom. The van der Waals surface area contributed by atoms with Crippen molar-refractivity contribution in [3.05, 3.63) is 53.6 Å². The number of nitrogens with zero attached hydrogens (tertiary/aromatic N) is 2. The lowest BCUT2D eigenvalue weighted by Gasteiger charge is -2.14. The summed E-state index contributed by atoms with van der Waals surface area (Å²) in [4.78, 5) is 27.7. The molecule has 1 heterocycles. The van der Waals surface area contributed by atoms with Crippen molar-refractivity contribution in [3.8, 4) is 0 Å². The second kappa shape index (κ2) is 8.33. The number of carbonyl (C=O) groups is 2. The molecule has 0 radical (unpaired) electrons. The van der Waals surface area contributed by atoms with Crippen LogP contribution in [0.3, 0.4) is 0 Å². The monoisotopic (exact) mass is 334 g/mol. The molecule has 6 nitrogen and oxygen atoms in total. The molecule has 0 saturated heterocycles. The molecule has 0 aliphatic carbocycles. The predicted octanol–water partition coefficient (Wildman–Crippen LogP) is 1.86. The Balaban J connectivity index is 1.68. The first-order valence-electron chi connectivity index (χ1n) is 7.33. The molecule has 23 heavy (non-hydrogen) atoms. The summed E-state index contributed by atoms with van der Waals surface area (Å²) < 4.78 is 1.90. The van der Waals surface area contributed by atoms with E-state index < -0.39 is 0 Å². The van der Waals surface area contributed by atoms with E-state index >= 15 is 0 Å². The van der Waals surface area contributed by atoms with Gasteiger partial charge in [0.25, 0.3) is 5.91 Å². The quantitative estimate of drug-likeness (QED) is 0.811. The summed E-state index contributed by atoms with van der Waals surface area (Å²) in [7, 11) is 0. The van der Waals surface area contributed by atoms with E-state index in [1.54, 1.807) is 36.8 Å². The zero-order chi connectivity index (χ0) is 16.7. The number of imidazole rings is 1. The minimum Gasteiger partial charge on any atom is -0.352 e. The van der Waals surface area contributed by atoms with E-state index in [-0.39, 0.29) is 30.8 Å². The number of nitrogens with one attached hydrogen (secondary N) is 2. The number of carbonyl (C=O) groups excluding carboxylic acids is 2. The molecule has 1 aromatic heterocycles. The Morgan fingerprint density at radius 1 is 1.30 bits per heavy atom. The van der Waals surface area contributed by atoms with E-state index in [4.69, 9.17) is 11.6 Å². The van der Waals surface area contributed by atoms with E-state index in [9.17, 15) is 9.59 Å². The van der Waals surface area contributed by atoms with Crippen molar-refractivity contribution >= 4 is 23.4 Å². The highest BCUT2D eigenvalue weighted by Gasteiger charge is 2.09. The van der Waals surface area contributed by atoms with Gasteiger partial charge in [0.05, 0.1) is 6.33 Å². The van der Waals surface area contributed by atoms with Crippen LogP contribution in [0.15, 0.2) is 43.0 Å². The maximum absolute atomic E-state index is 11.9. The Morgan fingerprint density at radius 2 is 2.04 bits per heavy atom. The fraction of sp³-hybridized carbons (Fsp3) is 0.312. The van der Waals surface area contributed by atoms with E-state index in [2.05, 4.69) is 15.6 Å². The summed E-state index contributed by atoms with van der Waals surface area (Å²) in [5.74, 6) is -0.324. The molecule has 0 unspecified atom stereocenters. The Kier molecular flexibility index (Phi) is 6.17. The first kappa shape index (κ1) is 17.0. The van der Waals surface area contributed by atoms with E-state index in [0.717, 1.165) is 0 Å². The molecular formula is C16H19ClN4O2. The third-order valence-corrected chi connectivity index (χ3v) is 3.45. The molecule has 0 fully saturated rings. The predicted molar refractivity (Wildman–Crippen MR) is 88.2 cm³/mol. The van der Waals surface area contributed by atoms with Gasteiger partial charge in [-0.3, -0.25) is 9.59 Å². The molecule has 0 aliphatic rings. The van der Waals surface area contributed by atoms with Crippen LogP contribution < -0.4 is 10.6 Å². The Hall–Kier alpha value is -2.34. The van der Waals surface area contributed by atoms with Crippen molar-refractivity contribution in [2.24, 2.45) is 0 Å². The maximum Gasteiger partial charge on any atom is 0.251 e. The standard InChI is InChI=1S/C16H19ClN4O2/c1-12(10-21-9-8-18-11-21)20-15(22)6-7-19-16(23)13-2-4-14(17)5-3-13/h2-5,8-9,11-12H,6-7,10H2,1H3,(H,19,23)(H,20,22)/t12-/m0/s1. The fourth-order valence-electron chi connectivity index (χ4n) is 2.10. The van der Waals surface area contributed by atoms with Gasteiger partial charge in [-0.25, -0.2) is 4.98 Å². The number of aromatic nitrogens is 2. The molecule has 2 amide bonds. The topological polar surface area (TPSA) is 76.0 Å². The van der Waals surface area contributed by atoms with Gasteiger partial charge in [-0.1, -0.05) is 11.6 Å². The van der Waals surface area contributed by atoms with Crippen molar-refractivity contribution in [2.45, 2.75) is 25.9 Å². The molecule has 0 aliphatic heterocycles. The lowest BCUT2D eigenvalue weighted by atomic mass is 10.2. The highest BCUT2D eigenvalue weighted by molar-refractivity contribution is 6.30. The van der Waals surface area contributed by atoms with Gasteiger partial charge in [-0.05, 0) is 31.2 Å². The van der Waals surface area contributed by atoms with Crippen LogP contribution in [0.5, 0.6) is 0 Å². The van der Waals surface area contributed by atoms with Crippen molar-refractivity contribution in [3.63, 3.8) is 0 Å². The Labute approximate surface area is 139 Å². The molecule has 0 spiro atoms. The zero-order valence-electron chi connectivity index (χ0n) is 12.8. The van der Waals surface area contributed by atoms with Crippen molar-refractivity contribution in [1.29, 1.82) is 0 Å². The van der Waals surface area contributed by atoms with Crippen LogP contribution in [0.2, 0.25) is 5.02 Å². The van der Waals surface area contributed by atoms with E-state index in [0.29, 0.717) is 17.1 Å². The molecule has 2 aromatic rings. The van der Waals surface area contributed by atoms with Gasteiger partial charge in [0, 0.05) is 48.5 Å². The molecule has 2 rings (SSSR count). The molecule has 122 valence electrons. The number of halogens is 1. The van der Waals surface area contributed by atoms with Gasteiger partial charge < -0.3 is 15.2 Å². The first-order valence-corrected chi connectivity index (χ1v) is 7.71. The van der Waals surface area contributed by atoms with Crippen LogP contribution in [-0.4, -0.2) is 34.0 Å². The van der Waals surface area contributed by atoms with Crippen LogP contribution in [0.1, 0.15) is 23.7 Å². The fourth-order valence-corrected chi connectivity index (χ4v) is 2.22. The molecule has 2 N–H and O–H groups in total. The molecule has 7 heteroatoms. The second-order valence-corrected chi connectivity index (χ2v) is 5.68. The van der Waals surface area contributed by atoms with Gasteiger partial charge in [0.15, 0.2) is 0 Å². The van der Waals surface area contributed by atoms with E-state index in [1.165, 1.54) is 0 Å². The lowest BCUT2D eigenvalue weighted by molar-refractivity contribution is -0.121. The SMILES string of the molecule is C[C@@H](Cn1ccnc1)NC(=O)CCNC(=O)c1ccc(Cl)cc1. The third kappa shape index (κ3) is 5.75. The second-order valence-electron chi connectivity index (χ2n) is 5.24. The smallest absolute Gasteiger partial charge is 0.251 e. The van der Waals surface area contributed by atoms with E-state index in [1.807, 2.05) is 17.7 Å². The summed E-state index contributed by atoms with van der Waals surface area (Å²) in [5.41, 5.74) is 0.517. The Bertz CT molecular complexity index is 641. The minimum atomic E-state index is -0.221. The molecule has 1 atom stereocenters. The summed E-state index contributed by atoms with van der Waals surface area (Å²) in [5, 5.41) is 6.17. The van der Waals surface area contributed by atoms with Crippen LogP contribution in [-0.2, 0) is 11.3 Å². The van der Waals surface area contributed by atoms with Crippen molar-refractivity contribution in [2.75, 3.05) is 6.54 Å². The maximum atomic E-state index is 11.9. The highest BCUT2D eigenvalue weighted by atomic mass is 35.5. The van der Waals surface area contributed by atoms with Crippen LogP contribution in [0.4, 0.5) is 0 Å². The number of hydrogen-bond donors (Lipinski definition) is 2. The van der Waals surface area contributed by atoms with Gasteiger partial charge in [0.2, 0.25) is 5.91 Å². The number of amides is 2. The third-order valence-electron chi connectivity index (χ3n) is 3.20. The van der Waals surface area contributed by atoms with Gasteiger partial charge in [-0.2, -0.15) is 0 Å². The lowest BCUT2D eigenvalue weighted by Crippen LogP contribution is -2.37. The highest BCUT2D eigenvalue weighted by Crippen LogP contribution is 2.09. The summed E-state index contributed by atoms with van der Waals surface area (Å²) in [6, 6.07) is 6.58. The van der Waals surface area contributed by atoms with Crippen LogP contribution >= 0.6 is 11.6 Å². The molecule has 0 saturated carbocycles. The van der Waals surface area contributed by atoms with Crippen molar-refractivity contribution < 1.29 is 9.59 Å². The summed E-state index contributed by atoms with van der Waals surface area (Å²) >= 11 is 5.77. The number of benzene rings is 1. The molecular weight excluding hydrogens is 316 g/mol. The van der Waals surface area contributed by atoms with Gasteiger partial charge >= 0.3 is 0 Å². The van der Waals surface area contributed by atoms with Crippen molar-refractivity contribution in [1.82, 2.24) is 20.2 Å². The van der Waals surface area contributed by atoms with Gasteiger partial charge in [0.1, 0.15) is 0 Å². The van der Waals surface area contributed by atoms with Crippen LogP contribution in [0, 0.1) is 0 Å². The molecule has 1 aromatic carbocycles.